The van der Waals surface area contributed by atoms with Crippen LogP contribution in [-0.4, -0.2) is 43.8 Å². The maximum atomic E-state index is 13.0. The molecule has 11 heteroatoms. The van der Waals surface area contributed by atoms with Gasteiger partial charge in [-0.25, -0.2) is 13.2 Å². The minimum atomic E-state index is -3.63. The monoisotopic (exact) mass is 507 g/mol. The van der Waals surface area contributed by atoms with Crippen LogP contribution >= 0.6 is 23.1 Å². The number of nitrogens with one attached hydrogen (secondary N) is 1. The number of carbonyl (C=O) groups excluding carboxylic acids is 2. The molecular formula is C22H25N3O5S3. The van der Waals surface area contributed by atoms with E-state index in [1.165, 1.54) is 28.6 Å². The summed E-state index contributed by atoms with van der Waals surface area (Å²) < 4.78 is 32.6. The van der Waals surface area contributed by atoms with Gasteiger partial charge in [-0.3, -0.25) is 4.79 Å². The standard InChI is InChI=1S/C22H25N3O5S3/c1-4-30-22(27)19-15(3)18(31-13-23)21(32-19)24-20(26)16-8-10-17(11-9-16)33(28,29)25-12-6-5-7-14(25)2/h8-11,14H,4-7,12H2,1-3H3,(H,24,26). The molecule has 0 radical (unpaired) electrons. The normalized spacial score (nSPS) is 16.7. The first-order chi connectivity index (χ1) is 15.7. The number of sulfonamides is 1. The second-order valence-corrected chi connectivity index (χ2v) is 11.3. The summed E-state index contributed by atoms with van der Waals surface area (Å²) in [4.78, 5) is 26.0. The third-order valence-corrected chi connectivity index (χ3v) is 9.54. The number of thiophene rings is 1. The van der Waals surface area contributed by atoms with Crippen molar-refractivity contribution in [1.82, 2.24) is 4.31 Å². The lowest BCUT2D eigenvalue weighted by Gasteiger charge is -2.32. The number of nitriles is 1. The maximum Gasteiger partial charge on any atom is 0.348 e. The molecule has 1 aliphatic heterocycles. The zero-order valence-corrected chi connectivity index (χ0v) is 21.0. The fraction of sp³-hybridized carbons (Fsp3) is 0.409. The molecule has 176 valence electrons. The minimum Gasteiger partial charge on any atom is -0.462 e. The maximum absolute atomic E-state index is 13.0. The van der Waals surface area contributed by atoms with Crippen LogP contribution in [0, 0.1) is 17.6 Å². The number of nitrogens with zero attached hydrogens (tertiary/aromatic N) is 2. The number of rotatable bonds is 7. The molecule has 1 atom stereocenters. The number of hydrogen-bond acceptors (Lipinski definition) is 8. The molecule has 8 nitrogen and oxygen atoms in total. The van der Waals surface area contributed by atoms with Gasteiger partial charge in [-0.05, 0) is 75.2 Å². The first kappa shape index (κ1) is 25.2. The molecule has 1 N–H and O–H groups in total. The van der Waals surface area contributed by atoms with Gasteiger partial charge in [0.1, 0.15) is 15.3 Å². The average molecular weight is 508 g/mol. The summed E-state index contributed by atoms with van der Waals surface area (Å²) in [6, 6.07) is 5.72. The molecule has 0 spiro atoms. The summed E-state index contributed by atoms with van der Waals surface area (Å²) in [5.41, 5.74) is 0.828. The molecule has 33 heavy (non-hydrogen) atoms. The van der Waals surface area contributed by atoms with E-state index >= 15 is 0 Å². The Hall–Kier alpha value is -2.39. The summed E-state index contributed by atoms with van der Waals surface area (Å²) in [5, 5.41) is 14.2. The van der Waals surface area contributed by atoms with E-state index < -0.39 is 21.9 Å². The Morgan fingerprint density at radius 1 is 1.30 bits per heavy atom. The summed E-state index contributed by atoms with van der Waals surface area (Å²) in [6.07, 6.45) is 2.68. The quantitative estimate of drug-likeness (QED) is 0.330. The van der Waals surface area contributed by atoms with Crippen molar-refractivity contribution in [2.75, 3.05) is 18.5 Å². The lowest BCUT2D eigenvalue weighted by Crippen LogP contribution is -2.41. The Labute approximate surface area is 202 Å². The molecular weight excluding hydrogens is 482 g/mol. The molecule has 0 aliphatic carbocycles. The predicted octanol–water partition coefficient (Wildman–Crippen LogP) is 4.62. The summed E-state index contributed by atoms with van der Waals surface area (Å²) in [5.74, 6) is -0.983. The van der Waals surface area contributed by atoms with Gasteiger partial charge in [-0.1, -0.05) is 6.42 Å². The van der Waals surface area contributed by atoms with Crippen molar-refractivity contribution in [3.63, 3.8) is 0 Å². The molecule has 1 aromatic carbocycles. The lowest BCUT2D eigenvalue weighted by atomic mass is 10.1. The van der Waals surface area contributed by atoms with E-state index in [2.05, 4.69) is 5.32 Å². The number of benzene rings is 1. The summed E-state index contributed by atoms with van der Waals surface area (Å²) >= 11 is 1.90. The highest BCUT2D eigenvalue weighted by molar-refractivity contribution is 8.04. The van der Waals surface area contributed by atoms with Gasteiger partial charge in [0.05, 0.1) is 16.4 Å². The molecule has 1 saturated heterocycles. The van der Waals surface area contributed by atoms with Crippen molar-refractivity contribution in [3.05, 3.63) is 40.3 Å². The number of piperidine rings is 1. The van der Waals surface area contributed by atoms with Crippen LogP contribution in [0.15, 0.2) is 34.1 Å². The largest absolute Gasteiger partial charge is 0.462 e. The molecule has 3 rings (SSSR count). The van der Waals surface area contributed by atoms with Crippen LogP contribution in [0.4, 0.5) is 5.00 Å². The Balaban J connectivity index is 1.82. The predicted molar refractivity (Wildman–Crippen MR) is 128 cm³/mol. The third-order valence-electron chi connectivity index (χ3n) is 5.39. The Bertz CT molecular complexity index is 1180. The summed E-state index contributed by atoms with van der Waals surface area (Å²) in [6.45, 7) is 6.00. The second-order valence-electron chi connectivity index (χ2n) is 7.57. The van der Waals surface area contributed by atoms with Gasteiger partial charge in [0.15, 0.2) is 0 Å². The lowest BCUT2D eigenvalue weighted by molar-refractivity contribution is 0.0531. The SMILES string of the molecule is CCOC(=O)c1sc(NC(=O)c2ccc(S(=O)(=O)N3CCCCC3C)cc2)c(SC#N)c1C. The second kappa shape index (κ2) is 10.7. The van der Waals surface area contributed by atoms with Gasteiger partial charge >= 0.3 is 5.97 Å². The highest BCUT2D eigenvalue weighted by atomic mass is 32.2. The van der Waals surface area contributed by atoms with Crippen LogP contribution in [0.2, 0.25) is 0 Å². The molecule has 1 aliphatic rings. The first-order valence-corrected chi connectivity index (χ1v) is 13.6. The van der Waals surface area contributed by atoms with Crippen LogP contribution in [0.25, 0.3) is 0 Å². The summed E-state index contributed by atoms with van der Waals surface area (Å²) in [7, 11) is -3.63. The van der Waals surface area contributed by atoms with E-state index in [1.807, 2.05) is 12.3 Å². The van der Waals surface area contributed by atoms with Crippen LogP contribution in [0.3, 0.4) is 0 Å². The molecule has 0 saturated carbocycles. The van der Waals surface area contributed by atoms with E-state index in [9.17, 15) is 18.0 Å². The molecule has 1 amide bonds. The van der Waals surface area contributed by atoms with Gasteiger partial charge in [0, 0.05) is 18.2 Å². The smallest absolute Gasteiger partial charge is 0.348 e. The van der Waals surface area contributed by atoms with E-state index in [0.29, 0.717) is 26.9 Å². The van der Waals surface area contributed by atoms with Crippen molar-refractivity contribution >= 4 is 50.0 Å². The molecule has 2 aromatic rings. The fourth-order valence-corrected chi connectivity index (χ4v) is 7.15. The molecule has 0 bridgehead atoms. The van der Waals surface area contributed by atoms with Gasteiger partial charge < -0.3 is 10.1 Å². The number of amides is 1. The Kier molecular flexibility index (Phi) is 8.18. The number of carbonyl (C=O) groups is 2. The number of ether oxygens (including phenoxy) is 1. The van der Waals surface area contributed by atoms with Crippen molar-refractivity contribution in [2.24, 2.45) is 0 Å². The number of thioether (sulfide) groups is 1. The van der Waals surface area contributed by atoms with E-state index in [-0.39, 0.29) is 23.1 Å². The number of anilines is 1. The average Bonchev–Trinajstić information content (AvgIpc) is 3.09. The van der Waals surface area contributed by atoms with Gasteiger partial charge in [0.25, 0.3) is 5.91 Å². The Morgan fingerprint density at radius 2 is 2.00 bits per heavy atom. The van der Waals surface area contributed by atoms with Crippen molar-refractivity contribution in [2.45, 2.75) is 55.9 Å². The zero-order chi connectivity index (χ0) is 24.2. The van der Waals surface area contributed by atoms with Crippen molar-refractivity contribution < 1.29 is 22.7 Å². The minimum absolute atomic E-state index is 0.0570. The number of hydrogen-bond donors (Lipinski definition) is 1. The van der Waals surface area contributed by atoms with Crippen LogP contribution in [0.1, 0.15) is 58.7 Å². The van der Waals surface area contributed by atoms with E-state index in [1.54, 1.807) is 13.8 Å². The van der Waals surface area contributed by atoms with E-state index in [4.69, 9.17) is 10.00 Å². The number of esters is 1. The van der Waals surface area contributed by atoms with Crippen LogP contribution in [-0.2, 0) is 14.8 Å². The first-order valence-electron chi connectivity index (χ1n) is 10.5. The van der Waals surface area contributed by atoms with Crippen molar-refractivity contribution in [1.29, 1.82) is 5.26 Å². The zero-order valence-electron chi connectivity index (χ0n) is 18.6. The highest BCUT2D eigenvalue weighted by Gasteiger charge is 2.31. The van der Waals surface area contributed by atoms with Gasteiger partial charge in [-0.2, -0.15) is 9.57 Å². The third kappa shape index (κ3) is 5.41. The fourth-order valence-electron chi connectivity index (χ4n) is 3.66. The van der Waals surface area contributed by atoms with E-state index in [0.717, 1.165) is 42.4 Å². The molecule has 1 fully saturated rings. The number of thiocyanates is 1. The molecule has 1 unspecified atom stereocenters. The van der Waals surface area contributed by atoms with Crippen LogP contribution in [0.5, 0.6) is 0 Å². The Morgan fingerprint density at radius 3 is 2.61 bits per heavy atom. The van der Waals surface area contributed by atoms with Crippen molar-refractivity contribution in [3.8, 4) is 5.40 Å². The highest BCUT2D eigenvalue weighted by Crippen LogP contribution is 2.40. The van der Waals surface area contributed by atoms with Crippen LogP contribution < -0.4 is 5.32 Å². The topological polar surface area (TPSA) is 117 Å². The molecule has 1 aromatic heterocycles. The molecule has 2 heterocycles. The van der Waals surface area contributed by atoms with Gasteiger partial charge in [-0.15, -0.1) is 11.3 Å². The van der Waals surface area contributed by atoms with Gasteiger partial charge in [0.2, 0.25) is 10.0 Å².